The van der Waals surface area contributed by atoms with Gasteiger partial charge >= 0.3 is 0 Å². The standard InChI is InChI=1S/C50H95NO9/c1-3-5-7-9-11-13-15-17-18-19-20-21-22-23-24-25-27-29-31-33-35-37-39-44(54)49(58)51-42(41-59-50-48(57)47(56)46(55)45(40-52)60-50)43(53)38-36-34-32-30-28-26-16-14-12-10-8-6-4-2/h28,30,36,38,42-48,50,52-57H,3-27,29,31-35,37,39-41H2,1-2H3,(H,51,58)/b30-28-,38-36+/t42-,43-,44+,45+,46+,47-,48+,50+/m0/s1. The molecule has 354 valence electrons. The second kappa shape index (κ2) is 40.4. The summed E-state index contributed by atoms with van der Waals surface area (Å²) in [5.74, 6) is -0.623. The predicted octanol–water partition coefficient (Wildman–Crippen LogP) is 10.0. The zero-order valence-corrected chi connectivity index (χ0v) is 38.6. The first kappa shape index (κ1) is 56.6. The van der Waals surface area contributed by atoms with Gasteiger partial charge < -0.3 is 45.4 Å². The van der Waals surface area contributed by atoms with Crippen LogP contribution in [0.4, 0.5) is 0 Å². The minimum atomic E-state index is -1.61. The van der Waals surface area contributed by atoms with Crippen molar-refractivity contribution in [3.63, 3.8) is 0 Å². The highest BCUT2D eigenvalue weighted by Gasteiger charge is 2.44. The van der Waals surface area contributed by atoms with Crippen LogP contribution in [0.2, 0.25) is 0 Å². The lowest BCUT2D eigenvalue weighted by Crippen LogP contribution is -2.60. The summed E-state index contributed by atoms with van der Waals surface area (Å²) in [6, 6.07) is -0.992. The number of hydrogen-bond donors (Lipinski definition) is 7. The van der Waals surface area contributed by atoms with E-state index in [1.165, 1.54) is 161 Å². The lowest BCUT2D eigenvalue weighted by Gasteiger charge is -2.40. The van der Waals surface area contributed by atoms with Crippen molar-refractivity contribution >= 4 is 5.91 Å². The van der Waals surface area contributed by atoms with Crippen LogP contribution in [0.3, 0.4) is 0 Å². The highest BCUT2D eigenvalue weighted by atomic mass is 16.7. The Kier molecular flexibility index (Phi) is 38.1. The number of hydrogen-bond acceptors (Lipinski definition) is 9. The Balaban J connectivity index is 2.32. The molecule has 60 heavy (non-hydrogen) atoms. The van der Waals surface area contributed by atoms with Crippen LogP contribution in [0.5, 0.6) is 0 Å². The lowest BCUT2D eigenvalue weighted by molar-refractivity contribution is -0.302. The van der Waals surface area contributed by atoms with E-state index in [-0.39, 0.29) is 6.61 Å². The third-order valence-corrected chi connectivity index (χ3v) is 12.1. The van der Waals surface area contributed by atoms with Crippen LogP contribution in [0.1, 0.15) is 226 Å². The molecule has 1 saturated heterocycles. The summed E-state index contributed by atoms with van der Waals surface area (Å²) in [7, 11) is 0. The van der Waals surface area contributed by atoms with Crippen molar-refractivity contribution in [2.45, 2.75) is 275 Å². The molecule has 0 radical (unpaired) electrons. The Hall–Kier alpha value is -1.37. The molecule has 0 aromatic carbocycles. The lowest BCUT2D eigenvalue weighted by atomic mass is 9.99. The first-order valence-corrected chi connectivity index (χ1v) is 25.2. The van der Waals surface area contributed by atoms with Crippen molar-refractivity contribution < 1.29 is 44.9 Å². The minimum Gasteiger partial charge on any atom is -0.394 e. The van der Waals surface area contributed by atoms with Gasteiger partial charge in [0, 0.05) is 0 Å². The van der Waals surface area contributed by atoms with E-state index in [1.54, 1.807) is 6.08 Å². The molecule has 0 aliphatic carbocycles. The molecular formula is C50H95NO9. The van der Waals surface area contributed by atoms with Crippen LogP contribution in [0, 0.1) is 0 Å². The molecule has 1 heterocycles. The largest absolute Gasteiger partial charge is 0.394 e. The van der Waals surface area contributed by atoms with Gasteiger partial charge in [-0.2, -0.15) is 0 Å². The Morgan fingerprint density at radius 3 is 1.45 bits per heavy atom. The van der Waals surface area contributed by atoms with E-state index >= 15 is 0 Å². The minimum absolute atomic E-state index is 0.308. The van der Waals surface area contributed by atoms with E-state index < -0.39 is 61.5 Å². The average molecular weight is 854 g/mol. The van der Waals surface area contributed by atoms with Crippen molar-refractivity contribution in [3.8, 4) is 0 Å². The van der Waals surface area contributed by atoms with Gasteiger partial charge in [-0.05, 0) is 32.1 Å². The molecule has 10 nitrogen and oxygen atoms in total. The SMILES string of the molecule is CCCCCCCCC/C=C\CC/C=C/[C@H](O)[C@H](CO[C@@H]1O[C@H](CO)[C@@H](O)[C@H](O)[C@H]1O)NC(=O)[C@H](O)CCCCCCCCCCCCCCCCCCCCCCCC. The van der Waals surface area contributed by atoms with Crippen LogP contribution in [0.25, 0.3) is 0 Å². The van der Waals surface area contributed by atoms with E-state index in [2.05, 4.69) is 31.3 Å². The summed E-state index contributed by atoms with van der Waals surface area (Å²) in [6.45, 7) is 3.59. The third kappa shape index (κ3) is 29.8. The van der Waals surface area contributed by atoms with Gasteiger partial charge in [0.25, 0.3) is 0 Å². The Labute approximate surface area is 367 Å². The molecule has 1 fully saturated rings. The number of aliphatic hydroxyl groups is 6. The van der Waals surface area contributed by atoms with E-state index in [0.29, 0.717) is 19.3 Å². The zero-order valence-electron chi connectivity index (χ0n) is 38.6. The quantitative estimate of drug-likeness (QED) is 0.0233. The molecule has 0 aromatic rings. The fourth-order valence-corrected chi connectivity index (χ4v) is 8.00. The van der Waals surface area contributed by atoms with Gasteiger partial charge in [0.1, 0.15) is 30.5 Å². The van der Waals surface area contributed by atoms with Crippen LogP contribution >= 0.6 is 0 Å². The average Bonchev–Trinajstić information content (AvgIpc) is 3.25. The van der Waals surface area contributed by atoms with Gasteiger partial charge in [-0.1, -0.05) is 218 Å². The molecular weight excluding hydrogens is 759 g/mol. The fourth-order valence-electron chi connectivity index (χ4n) is 8.00. The number of rotatable bonds is 42. The van der Waals surface area contributed by atoms with Crippen LogP contribution in [0.15, 0.2) is 24.3 Å². The van der Waals surface area contributed by atoms with Crippen molar-refractivity contribution in [1.82, 2.24) is 5.32 Å². The van der Waals surface area contributed by atoms with Gasteiger partial charge in [-0.3, -0.25) is 4.79 Å². The van der Waals surface area contributed by atoms with Crippen molar-refractivity contribution in [3.05, 3.63) is 24.3 Å². The zero-order chi connectivity index (χ0) is 43.9. The number of ether oxygens (including phenoxy) is 2. The van der Waals surface area contributed by atoms with Gasteiger partial charge in [0.05, 0.1) is 25.4 Å². The summed E-state index contributed by atoms with van der Waals surface area (Å²) in [5.41, 5.74) is 0. The normalized spacial score (nSPS) is 21.2. The number of nitrogens with one attached hydrogen (secondary N) is 1. The van der Waals surface area contributed by atoms with Gasteiger partial charge in [-0.15, -0.1) is 0 Å². The summed E-state index contributed by atoms with van der Waals surface area (Å²) >= 11 is 0. The van der Waals surface area contributed by atoms with Gasteiger partial charge in [0.15, 0.2) is 6.29 Å². The van der Waals surface area contributed by atoms with E-state index in [9.17, 15) is 35.4 Å². The monoisotopic (exact) mass is 854 g/mol. The van der Waals surface area contributed by atoms with E-state index in [1.807, 2.05) is 6.08 Å². The predicted molar refractivity (Wildman–Crippen MR) is 246 cm³/mol. The van der Waals surface area contributed by atoms with Crippen molar-refractivity contribution in [1.29, 1.82) is 0 Å². The highest BCUT2D eigenvalue weighted by molar-refractivity contribution is 5.80. The number of aliphatic hydroxyl groups excluding tert-OH is 6. The first-order chi connectivity index (χ1) is 29.3. The molecule has 0 unspecified atom stereocenters. The molecule has 0 spiro atoms. The maximum atomic E-state index is 13.1. The molecule has 1 aliphatic rings. The Morgan fingerprint density at radius 1 is 0.567 bits per heavy atom. The molecule has 7 N–H and O–H groups in total. The van der Waals surface area contributed by atoms with Gasteiger partial charge in [-0.25, -0.2) is 0 Å². The molecule has 0 saturated carbocycles. The molecule has 10 heteroatoms. The first-order valence-electron chi connectivity index (χ1n) is 25.2. The summed E-state index contributed by atoms with van der Waals surface area (Å²) in [5, 5.41) is 64.7. The summed E-state index contributed by atoms with van der Waals surface area (Å²) in [6.07, 6.45) is 38.5. The number of carbonyl (C=O) groups is 1. The van der Waals surface area contributed by atoms with E-state index in [4.69, 9.17) is 9.47 Å². The number of carbonyl (C=O) groups excluding carboxylic acids is 1. The smallest absolute Gasteiger partial charge is 0.249 e. The van der Waals surface area contributed by atoms with Crippen LogP contribution in [-0.4, -0.2) is 98.7 Å². The molecule has 0 aromatic heterocycles. The van der Waals surface area contributed by atoms with Crippen molar-refractivity contribution in [2.75, 3.05) is 13.2 Å². The maximum absolute atomic E-state index is 13.1. The summed E-state index contributed by atoms with van der Waals surface area (Å²) < 4.78 is 11.1. The maximum Gasteiger partial charge on any atom is 0.249 e. The van der Waals surface area contributed by atoms with Crippen LogP contribution in [-0.2, 0) is 14.3 Å². The second-order valence-corrected chi connectivity index (χ2v) is 17.8. The van der Waals surface area contributed by atoms with Gasteiger partial charge in [0.2, 0.25) is 5.91 Å². The highest BCUT2D eigenvalue weighted by Crippen LogP contribution is 2.23. The Morgan fingerprint density at radius 2 is 0.983 bits per heavy atom. The van der Waals surface area contributed by atoms with Crippen LogP contribution < -0.4 is 5.32 Å². The second-order valence-electron chi connectivity index (χ2n) is 17.8. The molecule has 1 aliphatic heterocycles. The fraction of sp³-hybridized carbons (Fsp3) is 0.900. The third-order valence-electron chi connectivity index (χ3n) is 12.1. The summed E-state index contributed by atoms with van der Waals surface area (Å²) in [4.78, 5) is 13.1. The topological polar surface area (TPSA) is 169 Å². The Bertz CT molecular complexity index is 1010. The molecule has 0 bridgehead atoms. The molecule has 8 atom stereocenters. The number of unbranched alkanes of at least 4 members (excludes halogenated alkanes) is 29. The molecule has 1 amide bonds. The van der Waals surface area contributed by atoms with E-state index in [0.717, 1.165) is 32.1 Å². The van der Waals surface area contributed by atoms with Crippen molar-refractivity contribution in [2.24, 2.45) is 0 Å². The molecule has 1 rings (SSSR count). The number of allylic oxidation sites excluding steroid dienone is 3. The number of amides is 1.